The molecule has 0 fully saturated rings. The number of nitrogens with zero attached hydrogens (tertiary/aromatic N) is 1. The van der Waals surface area contributed by atoms with Crippen LogP contribution in [0.15, 0.2) is 30.3 Å². The summed E-state index contributed by atoms with van der Waals surface area (Å²) in [4.78, 5) is 24.5. The van der Waals surface area contributed by atoms with Crippen LogP contribution in [-0.4, -0.2) is 47.5 Å². The van der Waals surface area contributed by atoms with E-state index in [9.17, 15) is 9.59 Å². The third-order valence-corrected chi connectivity index (χ3v) is 4.65. The highest BCUT2D eigenvalue weighted by molar-refractivity contribution is 7.99. The molecule has 0 N–H and O–H groups in total. The van der Waals surface area contributed by atoms with Crippen molar-refractivity contribution in [3.05, 3.63) is 35.9 Å². The number of carbonyl (C=O) groups is 2. The molecule has 0 radical (unpaired) electrons. The van der Waals surface area contributed by atoms with Crippen LogP contribution >= 0.6 is 11.8 Å². The smallest absolute Gasteiger partial charge is 0.410 e. The molecule has 24 heavy (non-hydrogen) atoms. The molecule has 134 valence electrons. The van der Waals surface area contributed by atoms with E-state index in [2.05, 4.69) is 19.1 Å². The van der Waals surface area contributed by atoms with Gasteiger partial charge in [0.1, 0.15) is 6.29 Å². The Morgan fingerprint density at radius 2 is 1.96 bits per heavy atom. The van der Waals surface area contributed by atoms with Crippen LogP contribution in [0.25, 0.3) is 0 Å². The number of hydrogen-bond donors (Lipinski definition) is 0. The predicted octanol–water partition coefficient (Wildman–Crippen LogP) is 4.35. The number of benzene rings is 1. The molecule has 0 spiro atoms. The van der Waals surface area contributed by atoms with Crippen molar-refractivity contribution < 1.29 is 14.3 Å². The molecule has 0 aliphatic rings. The van der Waals surface area contributed by atoms with E-state index in [1.54, 1.807) is 16.7 Å². The number of ether oxygens (including phenoxy) is 1. The minimum atomic E-state index is -0.299. The van der Waals surface area contributed by atoms with E-state index in [-0.39, 0.29) is 17.6 Å². The number of aldehydes is 1. The lowest BCUT2D eigenvalue weighted by atomic mass is 9.98. The molecule has 0 saturated carbocycles. The molecule has 1 aromatic carbocycles. The van der Waals surface area contributed by atoms with Gasteiger partial charge < -0.3 is 14.4 Å². The van der Waals surface area contributed by atoms with E-state index in [0.717, 1.165) is 18.5 Å². The van der Waals surface area contributed by atoms with E-state index >= 15 is 0 Å². The molecule has 1 atom stereocenters. The van der Waals surface area contributed by atoms with Gasteiger partial charge in [0.05, 0.1) is 6.61 Å². The van der Waals surface area contributed by atoms with Gasteiger partial charge in [-0.1, -0.05) is 37.3 Å². The Balaban J connectivity index is 2.55. The van der Waals surface area contributed by atoms with E-state index in [0.29, 0.717) is 18.9 Å². The molecule has 1 rings (SSSR count). The first-order chi connectivity index (χ1) is 11.4. The molecule has 1 aromatic rings. The van der Waals surface area contributed by atoms with Crippen molar-refractivity contribution in [2.24, 2.45) is 0 Å². The minimum absolute atomic E-state index is 0.237. The summed E-state index contributed by atoms with van der Waals surface area (Å²) in [5, 5.41) is 0. The zero-order valence-electron chi connectivity index (χ0n) is 15.2. The molecule has 0 aromatic heterocycles. The lowest BCUT2D eigenvalue weighted by molar-refractivity contribution is -0.105. The van der Waals surface area contributed by atoms with Crippen LogP contribution in [0.2, 0.25) is 0 Å². The maximum Gasteiger partial charge on any atom is 0.410 e. The topological polar surface area (TPSA) is 46.6 Å². The van der Waals surface area contributed by atoms with E-state index < -0.39 is 0 Å². The Kier molecular flexibility index (Phi) is 8.90. The van der Waals surface area contributed by atoms with Crippen molar-refractivity contribution in [1.29, 1.82) is 0 Å². The normalized spacial score (nSPS) is 12.5. The SMILES string of the molecule is C[C@H](CN(C(=O)OCCCSCC=O)C(C)(C)C)c1ccccc1. The molecule has 0 aliphatic heterocycles. The Morgan fingerprint density at radius 1 is 1.29 bits per heavy atom. The highest BCUT2D eigenvalue weighted by atomic mass is 32.2. The van der Waals surface area contributed by atoms with Crippen molar-refractivity contribution in [2.45, 2.75) is 45.6 Å². The molecule has 4 nitrogen and oxygen atoms in total. The fourth-order valence-corrected chi connectivity index (χ4v) is 2.90. The number of amides is 1. The first-order valence-electron chi connectivity index (χ1n) is 8.37. The Labute approximate surface area is 149 Å². The lowest BCUT2D eigenvalue weighted by Crippen LogP contribution is -2.47. The summed E-state index contributed by atoms with van der Waals surface area (Å²) < 4.78 is 5.43. The molecular formula is C19H29NO3S. The van der Waals surface area contributed by atoms with Crippen molar-refractivity contribution in [1.82, 2.24) is 4.90 Å². The monoisotopic (exact) mass is 351 g/mol. The standard InChI is InChI=1S/C19H29NO3S/c1-16(17-9-6-5-7-10-17)15-20(19(2,3)4)18(22)23-12-8-13-24-14-11-21/h5-7,9-11,16H,8,12-15H2,1-4H3/t16-/m1/s1. The van der Waals surface area contributed by atoms with Crippen molar-refractivity contribution in [3.8, 4) is 0 Å². The van der Waals surface area contributed by atoms with Crippen LogP contribution in [-0.2, 0) is 9.53 Å². The van der Waals surface area contributed by atoms with Crippen molar-refractivity contribution >= 4 is 24.1 Å². The summed E-state index contributed by atoms with van der Waals surface area (Å²) in [5.74, 6) is 1.56. The average Bonchev–Trinajstić information content (AvgIpc) is 2.55. The largest absolute Gasteiger partial charge is 0.449 e. The average molecular weight is 352 g/mol. The molecule has 0 bridgehead atoms. The highest BCUT2D eigenvalue weighted by Gasteiger charge is 2.29. The van der Waals surface area contributed by atoms with E-state index in [1.165, 1.54) is 5.56 Å². The Bertz CT molecular complexity index is 499. The zero-order valence-corrected chi connectivity index (χ0v) is 16.0. The second-order valence-corrected chi connectivity index (χ2v) is 7.95. The molecule has 0 unspecified atom stereocenters. The maximum atomic E-state index is 12.5. The summed E-state index contributed by atoms with van der Waals surface area (Å²) >= 11 is 1.55. The van der Waals surface area contributed by atoms with Gasteiger partial charge in [0.25, 0.3) is 0 Å². The third kappa shape index (κ3) is 7.39. The second-order valence-electron chi connectivity index (χ2n) is 6.80. The van der Waals surface area contributed by atoms with Gasteiger partial charge in [0.2, 0.25) is 0 Å². The summed E-state index contributed by atoms with van der Waals surface area (Å²) in [6, 6.07) is 10.2. The summed E-state index contributed by atoms with van der Waals surface area (Å²) in [6.45, 7) is 9.18. The fourth-order valence-electron chi connectivity index (χ4n) is 2.31. The highest BCUT2D eigenvalue weighted by Crippen LogP contribution is 2.22. The Hall–Kier alpha value is -1.49. The quantitative estimate of drug-likeness (QED) is 0.490. The first-order valence-corrected chi connectivity index (χ1v) is 9.52. The number of carbonyl (C=O) groups excluding carboxylic acids is 2. The van der Waals surface area contributed by atoms with Crippen LogP contribution < -0.4 is 0 Å². The van der Waals surface area contributed by atoms with Gasteiger partial charge in [0, 0.05) is 17.8 Å². The van der Waals surface area contributed by atoms with E-state index in [4.69, 9.17) is 4.74 Å². The fraction of sp³-hybridized carbons (Fsp3) is 0.579. The van der Waals surface area contributed by atoms with Crippen LogP contribution in [0.3, 0.4) is 0 Å². The predicted molar refractivity (Wildman–Crippen MR) is 101 cm³/mol. The van der Waals surface area contributed by atoms with Crippen LogP contribution in [0.5, 0.6) is 0 Å². The van der Waals surface area contributed by atoms with Gasteiger partial charge in [-0.2, -0.15) is 11.8 Å². The molecule has 0 heterocycles. The van der Waals surface area contributed by atoms with Gasteiger partial charge in [0.15, 0.2) is 0 Å². The van der Waals surface area contributed by atoms with E-state index in [1.807, 2.05) is 39.0 Å². The first kappa shape index (κ1) is 20.6. The van der Waals surface area contributed by atoms with Crippen LogP contribution in [0.4, 0.5) is 4.79 Å². The molecule has 5 heteroatoms. The molecule has 0 aliphatic carbocycles. The Morgan fingerprint density at radius 3 is 2.54 bits per heavy atom. The summed E-state index contributed by atoms with van der Waals surface area (Å²) in [6.07, 6.45) is 1.38. The van der Waals surface area contributed by atoms with Gasteiger partial charge in [-0.25, -0.2) is 4.79 Å². The van der Waals surface area contributed by atoms with Crippen molar-refractivity contribution in [2.75, 3.05) is 24.7 Å². The van der Waals surface area contributed by atoms with Gasteiger partial charge in [-0.3, -0.25) is 0 Å². The zero-order chi connectivity index (χ0) is 18.0. The van der Waals surface area contributed by atoms with Gasteiger partial charge >= 0.3 is 6.09 Å². The lowest BCUT2D eigenvalue weighted by Gasteiger charge is -2.36. The number of thioether (sulfide) groups is 1. The summed E-state index contributed by atoms with van der Waals surface area (Å²) in [5.41, 5.74) is 0.914. The molecule has 0 saturated heterocycles. The van der Waals surface area contributed by atoms with Gasteiger partial charge in [-0.05, 0) is 44.4 Å². The maximum absolute atomic E-state index is 12.5. The molecule has 1 amide bonds. The third-order valence-electron chi connectivity index (χ3n) is 3.70. The van der Waals surface area contributed by atoms with Crippen LogP contribution in [0, 0.1) is 0 Å². The minimum Gasteiger partial charge on any atom is -0.449 e. The summed E-state index contributed by atoms with van der Waals surface area (Å²) in [7, 11) is 0. The second kappa shape index (κ2) is 10.4. The van der Waals surface area contributed by atoms with Crippen LogP contribution in [0.1, 0.15) is 45.6 Å². The van der Waals surface area contributed by atoms with Gasteiger partial charge in [-0.15, -0.1) is 0 Å². The number of hydrogen-bond acceptors (Lipinski definition) is 4. The molecular weight excluding hydrogens is 322 g/mol. The van der Waals surface area contributed by atoms with Crippen molar-refractivity contribution in [3.63, 3.8) is 0 Å². The number of rotatable bonds is 9.